The molecule has 2 atom stereocenters. The predicted molar refractivity (Wildman–Crippen MR) is 126 cm³/mol. The maximum absolute atomic E-state index is 10.5. The van der Waals surface area contributed by atoms with Gasteiger partial charge in [-0.15, -0.1) is 0 Å². The van der Waals surface area contributed by atoms with Gasteiger partial charge in [-0.05, 0) is 23.3 Å². The monoisotopic (exact) mass is 434 g/mol. The number of hydrogen-bond acceptors (Lipinski definition) is 2. The molecule has 4 bridgehead atoms. The Bertz CT molecular complexity index is 893. The molecule has 2 N–H and O–H groups in total. The molecular formula is C28H38N2O2+2. The van der Waals surface area contributed by atoms with E-state index in [2.05, 4.69) is 48.5 Å². The molecule has 4 nitrogen and oxygen atoms in total. The first-order valence-corrected chi connectivity index (χ1v) is 12.8. The molecule has 0 spiro atoms. The number of hydrogen-bond donors (Lipinski definition) is 2. The summed E-state index contributed by atoms with van der Waals surface area (Å²) >= 11 is 0. The summed E-state index contributed by atoms with van der Waals surface area (Å²) in [6.07, 6.45) is 4.50. The van der Waals surface area contributed by atoms with Crippen LogP contribution in [0.2, 0.25) is 0 Å². The van der Waals surface area contributed by atoms with Crippen molar-refractivity contribution in [2.24, 2.45) is 11.8 Å². The zero-order chi connectivity index (χ0) is 21.8. The van der Waals surface area contributed by atoms with E-state index >= 15 is 0 Å². The van der Waals surface area contributed by atoms with E-state index in [0.717, 1.165) is 35.1 Å². The van der Waals surface area contributed by atoms with Gasteiger partial charge in [-0.1, -0.05) is 36.4 Å². The quantitative estimate of drug-likeness (QED) is 0.707. The molecule has 6 heterocycles. The summed E-state index contributed by atoms with van der Waals surface area (Å²) < 4.78 is 2.12. The highest BCUT2D eigenvalue weighted by Gasteiger charge is 2.46. The van der Waals surface area contributed by atoms with Crippen LogP contribution in [0.5, 0.6) is 0 Å². The Morgan fingerprint density at radius 1 is 0.625 bits per heavy atom. The first-order valence-electron chi connectivity index (χ1n) is 12.8. The molecule has 4 heteroatoms. The van der Waals surface area contributed by atoms with Crippen LogP contribution in [0, 0.1) is 11.8 Å². The Kier molecular flexibility index (Phi) is 5.18. The summed E-state index contributed by atoms with van der Waals surface area (Å²) in [6.45, 7) is 8.80. The van der Waals surface area contributed by atoms with Crippen molar-refractivity contribution in [1.82, 2.24) is 0 Å². The van der Waals surface area contributed by atoms with E-state index in [4.69, 9.17) is 0 Å². The molecule has 6 aliphatic rings. The molecule has 6 saturated heterocycles. The van der Waals surface area contributed by atoms with Gasteiger partial charge in [-0.3, -0.25) is 0 Å². The Morgan fingerprint density at radius 3 is 1.41 bits per heavy atom. The number of nitrogens with zero attached hydrogens (tertiary/aromatic N) is 2. The van der Waals surface area contributed by atoms with Crippen molar-refractivity contribution in [1.29, 1.82) is 0 Å². The molecule has 6 fully saturated rings. The maximum Gasteiger partial charge on any atom is 0.106 e. The lowest BCUT2D eigenvalue weighted by Crippen LogP contribution is -2.63. The highest BCUT2D eigenvalue weighted by molar-refractivity contribution is 5.64. The Labute approximate surface area is 192 Å². The van der Waals surface area contributed by atoms with Gasteiger partial charge in [0.2, 0.25) is 0 Å². The molecule has 0 radical (unpaired) electrons. The molecule has 2 aromatic carbocycles. The van der Waals surface area contributed by atoms with E-state index in [-0.39, 0.29) is 12.2 Å². The minimum absolute atomic E-state index is 0.108. The van der Waals surface area contributed by atoms with Crippen LogP contribution < -0.4 is 0 Å². The van der Waals surface area contributed by atoms with Gasteiger partial charge in [0.1, 0.15) is 38.4 Å². The summed E-state index contributed by atoms with van der Waals surface area (Å²) in [5.41, 5.74) is 5.38. The molecule has 170 valence electrons. The third-order valence-corrected chi connectivity index (χ3v) is 9.36. The first kappa shape index (κ1) is 20.9. The summed E-state index contributed by atoms with van der Waals surface area (Å²) in [5.74, 6) is 1.09. The van der Waals surface area contributed by atoms with Crippen molar-refractivity contribution < 1.29 is 19.2 Å². The van der Waals surface area contributed by atoms with Gasteiger partial charge < -0.3 is 19.2 Å². The minimum Gasteiger partial charge on any atom is -0.387 e. The summed E-state index contributed by atoms with van der Waals surface area (Å²) in [6, 6.07) is 18.2. The van der Waals surface area contributed by atoms with Crippen LogP contribution in [0.4, 0.5) is 0 Å². The van der Waals surface area contributed by atoms with Crippen molar-refractivity contribution in [2.45, 2.75) is 51.0 Å². The fraction of sp³-hybridized carbons (Fsp3) is 0.571. The molecule has 0 saturated carbocycles. The molecule has 0 aliphatic carbocycles. The Balaban J connectivity index is 1.21. The summed E-state index contributed by atoms with van der Waals surface area (Å²) in [4.78, 5) is 0. The number of aliphatic hydroxyl groups excluding tert-OH is 2. The number of fused-ring (bicyclic) bond motifs is 6. The van der Waals surface area contributed by atoms with Crippen LogP contribution >= 0.6 is 0 Å². The van der Waals surface area contributed by atoms with Crippen LogP contribution in [0.3, 0.4) is 0 Å². The lowest BCUT2D eigenvalue weighted by molar-refractivity contribution is -0.958. The van der Waals surface area contributed by atoms with Crippen molar-refractivity contribution in [3.05, 3.63) is 59.7 Å². The zero-order valence-electron chi connectivity index (χ0n) is 19.2. The minimum atomic E-state index is -0.108. The van der Waals surface area contributed by atoms with E-state index < -0.39 is 0 Å². The number of piperidine rings is 6. The second kappa shape index (κ2) is 7.95. The van der Waals surface area contributed by atoms with Gasteiger partial charge in [0.25, 0.3) is 0 Å². The molecule has 2 aromatic rings. The van der Waals surface area contributed by atoms with E-state index in [1.807, 2.05) is 0 Å². The number of quaternary nitrogens is 2. The fourth-order valence-corrected chi connectivity index (χ4v) is 7.42. The van der Waals surface area contributed by atoms with E-state index in [0.29, 0.717) is 11.8 Å². The third kappa shape index (κ3) is 3.81. The molecule has 8 rings (SSSR count). The normalized spacial score (nSPS) is 38.2. The highest BCUT2D eigenvalue weighted by Crippen LogP contribution is 2.37. The molecule has 0 amide bonds. The zero-order valence-corrected chi connectivity index (χ0v) is 19.2. The topological polar surface area (TPSA) is 40.5 Å². The van der Waals surface area contributed by atoms with E-state index in [1.165, 1.54) is 74.1 Å². The molecule has 32 heavy (non-hydrogen) atoms. The average Bonchev–Trinajstić information content (AvgIpc) is 2.80. The molecule has 0 aromatic heterocycles. The predicted octanol–water partition coefficient (Wildman–Crippen LogP) is 3.56. The second-order valence-corrected chi connectivity index (χ2v) is 11.5. The van der Waals surface area contributed by atoms with Gasteiger partial charge in [0, 0.05) is 48.6 Å². The highest BCUT2D eigenvalue weighted by atomic mass is 16.3. The van der Waals surface area contributed by atoms with Crippen LogP contribution in [0.15, 0.2) is 48.5 Å². The Hall–Kier alpha value is -1.72. The molecular weight excluding hydrogens is 396 g/mol. The van der Waals surface area contributed by atoms with Crippen molar-refractivity contribution in [3.63, 3.8) is 0 Å². The van der Waals surface area contributed by atoms with Gasteiger partial charge in [-0.2, -0.15) is 0 Å². The molecule has 6 aliphatic heterocycles. The largest absolute Gasteiger partial charge is 0.387 e. The summed E-state index contributed by atoms with van der Waals surface area (Å²) in [5, 5.41) is 20.9. The standard InChI is InChI=1S/C28H38N2O2/c31-27-19-29(11-7-23(27)8-12-29)17-21-3-1-5-25(15-21)26-6-2-4-22(16-26)18-30-13-9-24(10-14-30)28(32)20-30/h1-6,15-16,23-24,27-28,31-32H,7-14,17-20H2/q+2/t23?,24?,27-,28+,29?,30?. The van der Waals surface area contributed by atoms with Gasteiger partial charge in [-0.25, -0.2) is 0 Å². The van der Waals surface area contributed by atoms with Gasteiger partial charge in [0.15, 0.2) is 0 Å². The SMILES string of the molecule is O[C@@H]1C[N+]2(Cc3cccc(-c4cccc(C[N+]56CCC(CC5)[C@@H](O)C6)c4)c3)CCC1CC2. The fourth-order valence-electron chi connectivity index (χ4n) is 7.42. The van der Waals surface area contributed by atoms with Gasteiger partial charge in [0.05, 0.1) is 26.2 Å². The van der Waals surface area contributed by atoms with Gasteiger partial charge >= 0.3 is 0 Å². The third-order valence-electron chi connectivity index (χ3n) is 9.36. The van der Waals surface area contributed by atoms with Crippen molar-refractivity contribution in [3.8, 4) is 11.1 Å². The molecule has 0 unspecified atom stereocenters. The second-order valence-electron chi connectivity index (χ2n) is 11.5. The van der Waals surface area contributed by atoms with Crippen LogP contribution in [0.25, 0.3) is 11.1 Å². The number of aliphatic hydroxyl groups is 2. The van der Waals surface area contributed by atoms with Crippen LogP contribution in [-0.4, -0.2) is 70.7 Å². The maximum atomic E-state index is 10.5. The van der Waals surface area contributed by atoms with Crippen molar-refractivity contribution in [2.75, 3.05) is 39.3 Å². The number of benzene rings is 2. The summed E-state index contributed by atoms with van der Waals surface area (Å²) in [7, 11) is 0. The smallest absolute Gasteiger partial charge is 0.106 e. The lowest BCUT2D eigenvalue weighted by Gasteiger charge is -2.51. The van der Waals surface area contributed by atoms with E-state index in [1.54, 1.807) is 0 Å². The number of rotatable bonds is 5. The van der Waals surface area contributed by atoms with Crippen LogP contribution in [0.1, 0.15) is 36.8 Å². The van der Waals surface area contributed by atoms with E-state index in [9.17, 15) is 10.2 Å². The Morgan fingerprint density at radius 2 is 1.03 bits per heavy atom. The lowest BCUT2D eigenvalue weighted by atomic mass is 9.83. The first-order chi connectivity index (χ1) is 15.5. The van der Waals surface area contributed by atoms with Crippen LogP contribution in [-0.2, 0) is 13.1 Å². The van der Waals surface area contributed by atoms with Crippen molar-refractivity contribution >= 4 is 0 Å². The average molecular weight is 435 g/mol.